The molecule has 0 aliphatic carbocycles. The summed E-state index contributed by atoms with van der Waals surface area (Å²) in [7, 11) is -3.25. The van der Waals surface area contributed by atoms with Gasteiger partial charge in [-0.2, -0.15) is 9.29 Å². The van der Waals surface area contributed by atoms with Crippen LogP contribution in [0.3, 0.4) is 0 Å². The van der Waals surface area contributed by atoms with Crippen LogP contribution in [0.1, 0.15) is 19.3 Å². The van der Waals surface area contributed by atoms with Crippen LogP contribution in [-0.2, 0) is 10.0 Å². The molecule has 4 N–H and O–H groups in total. The minimum atomic E-state index is -3.25. The molecule has 156 valence electrons. The number of hydrogen-bond donors (Lipinski definition) is 4. The van der Waals surface area contributed by atoms with E-state index in [0.717, 1.165) is 25.0 Å². The number of halogens is 1. The summed E-state index contributed by atoms with van der Waals surface area (Å²) >= 11 is 6.21. The standard InChI is InChI=1S/C16H26ClN7O3S/c1-28(26,27)24-5-3-2-4-13(24)9-18-15-14(17)10-19-16(22-15)21-12-8-20-23(11-12)6-7-25/h10-11,13,20,25H,2-9H2,1H3,(H2,18,19,21,22)/t13-/m1/s1. The molecular formula is C16H26ClN7O3S. The van der Waals surface area contributed by atoms with Gasteiger partial charge in [-0.3, -0.25) is 0 Å². The van der Waals surface area contributed by atoms with Gasteiger partial charge in [-0.1, -0.05) is 18.0 Å². The van der Waals surface area contributed by atoms with Gasteiger partial charge in [0.1, 0.15) is 5.02 Å². The fraction of sp³-hybridized carbons (Fsp3) is 0.625. The molecule has 2 aliphatic rings. The van der Waals surface area contributed by atoms with Crippen LogP contribution in [0.5, 0.6) is 0 Å². The SMILES string of the molecule is CS(=O)(=O)N1CCCC[C@@H]1CNc1nc(NC2=CN(CCO)NC2)ncc1Cl. The number of aromatic nitrogens is 2. The molecule has 2 aliphatic heterocycles. The van der Waals surface area contributed by atoms with Gasteiger partial charge >= 0.3 is 0 Å². The third kappa shape index (κ3) is 5.45. The zero-order valence-corrected chi connectivity index (χ0v) is 17.3. The van der Waals surface area contributed by atoms with Gasteiger partial charge in [0, 0.05) is 25.3 Å². The predicted molar refractivity (Wildman–Crippen MR) is 108 cm³/mol. The van der Waals surface area contributed by atoms with Crippen molar-refractivity contribution in [2.75, 3.05) is 49.7 Å². The highest BCUT2D eigenvalue weighted by Gasteiger charge is 2.29. The number of nitrogens with zero attached hydrogens (tertiary/aromatic N) is 4. The molecule has 0 bridgehead atoms. The minimum absolute atomic E-state index is 0.0496. The van der Waals surface area contributed by atoms with Crippen molar-refractivity contribution < 1.29 is 13.5 Å². The number of aliphatic hydroxyl groups excluding tert-OH is 1. The maximum Gasteiger partial charge on any atom is 0.229 e. The van der Waals surface area contributed by atoms with E-state index in [4.69, 9.17) is 16.7 Å². The highest BCUT2D eigenvalue weighted by molar-refractivity contribution is 7.88. The number of sulfonamides is 1. The number of hydrogen-bond acceptors (Lipinski definition) is 9. The molecule has 0 radical (unpaired) electrons. The Labute approximate surface area is 170 Å². The molecule has 0 unspecified atom stereocenters. The third-order valence-corrected chi connectivity index (χ3v) is 6.26. The lowest BCUT2D eigenvalue weighted by Crippen LogP contribution is -2.46. The summed E-state index contributed by atoms with van der Waals surface area (Å²) in [4.78, 5) is 8.59. The molecule has 28 heavy (non-hydrogen) atoms. The fourth-order valence-corrected chi connectivity index (χ4v) is 4.66. The van der Waals surface area contributed by atoms with Crippen LogP contribution in [0, 0.1) is 0 Å². The van der Waals surface area contributed by atoms with Crippen LogP contribution in [0.2, 0.25) is 5.02 Å². The second-order valence-electron chi connectivity index (χ2n) is 6.83. The zero-order valence-electron chi connectivity index (χ0n) is 15.7. The van der Waals surface area contributed by atoms with Gasteiger partial charge in [0.15, 0.2) is 5.82 Å². The van der Waals surface area contributed by atoms with Gasteiger partial charge in [-0.05, 0) is 12.8 Å². The minimum Gasteiger partial charge on any atom is -0.394 e. The number of anilines is 2. The maximum absolute atomic E-state index is 12.0. The van der Waals surface area contributed by atoms with E-state index in [1.165, 1.54) is 12.5 Å². The van der Waals surface area contributed by atoms with Crippen LogP contribution in [0.25, 0.3) is 0 Å². The van der Waals surface area contributed by atoms with Crippen molar-refractivity contribution >= 4 is 33.4 Å². The summed E-state index contributed by atoms with van der Waals surface area (Å²) in [5.74, 6) is 0.839. The van der Waals surface area contributed by atoms with E-state index >= 15 is 0 Å². The van der Waals surface area contributed by atoms with Crippen molar-refractivity contribution in [3.8, 4) is 0 Å². The Hall–Kier alpha value is -1.66. The van der Waals surface area contributed by atoms with Gasteiger partial charge < -0.3 is 20.7 Å². The second-order valence-corrected chi connectivity index (χ2v) is 9.17. The summed E-state index contributed by atoms with van der Waals surface area (Å²) in [6.07, 6.45) is 7.26. The van der Waals surface area contributed by atoms with E-state index in [1.54, 1.807) is 9.31 Å². The molecule has 3 heterocycles. The highest BCUT2D eigenvalue weighted by atomic mass is 35.5. The van der Waals surface area contributed by atoms with Crippen LogP contribution in [0.15, 0.2) is 18.1 Å². The number of piperidine rings is 1. The van der Waals surface area contributed by atoms with E-state index in [-0.39, 0.29) is 12.6 Å². The summed E-state index contributed by atoms with van der Waals surface area (Å²) in [6, 6.07) is -0.125. The first-order valence-electron chi connectivity index (χ1n) is 9.19. The van der Waals surface area contributed by atoms with E-state index < -0.39 is 10.0 Å². The van der Waals surface area contributed by atoms with Gasteiger partial charge in [0.2, 0.25) is 16.0 Å². The first-order chi connectivity index (χ1) is 13.4. The molecule has 0 aromatic carbocycles. The van der Waals surface area contributed by atoms with E-state index in [1.807, 2.05) is 6.20 Å². The van der Waals surface area contributed by atoms with Crippen molar-refractivity contribution in [3.63, 3.8) is 0 Å². The molecular weight excluding hydrogens is 406 g/mol. The Morgan fingerprint density at radius 2 is 2.25 bits per heavy atom. The fourth-order valence-electron chi connectivity index (χ4n) is 3.32. The lowest BCUT2D eigenvalue weighted by molar-refractivity contribution is 0.210. The third-order valence-electron chi connectivity index (χ3n) is 4.65. The summed E-state index contributed by atoms with van der Waals surface area (Å²) in [5.41, 5.74) is 3.96. The molecule has 1 saturated heterocycles. The Bertz CT molecular complexity index is 820. The van der Waals surface area contributed by atoms with Crippen molar-refractivity contribution in [1.29, 1.82) is 0 Å². The molecule has 0 amide bonds. The Kier molecular flexibility index (Phi) is 6.94. The zero-order chi connectivity index (χ0) is 20.1. The Morgan fingerprint density at radius 3 is 3.00 bits per heavy atom. The van der Waals surface area contributed by atoms with E-state index in [0.29, 0.717) is 43.0 Å². The predicted octanol–water partition coefficient (Wildman–Crippen LogP) is 0.422. The van der Waals surface area contributed by atoms with E-state index in [2.05, 4.69) is 26.0 Å². The average molecular weight is 432 g/mol. The molecule has 1 aromatic rings. The van der Waals surface area contributed by atoms with Gasteiger partial charge in [0.05, 0.1) is 37.8 Å². The maximum atomic E-state index is 12.0. The Balaban J connectivity index is 1.64. The van der Waals surface area contributed by atoms with Gasteiger partial charge in [-0.15, -0.1) is 0 Å². The number of aliphatic hydroxyl groups is 1. The molecule has 12 heteroatoms. The van der Waals surface area contributed by atoms with Gasteiger partial charge in [0.25, 0.3) is 0 Å². The topological polar surface area (TPSA) is 123 Å². The lowest BCUT2D eigenvalue weighted by Gasteiger charge is -2.33. The molecule has 3 rings (SSSR count). The lowest BCUT2D eigenvalue weighted by atomic mass is 10.1. The monoisotopic (exact) mass is 431 g/mol. The molecule has 10 nitrogen and oxygen atoms in total. The van der Waals surface area contributed by atoms with E-state index in [9.17, 15) is 8.42 Å². The summed E-state index contributed by atoms with van der Waals surface area (Å²) in [6.45, 7) is 2.07. The quantitative estimate of drug-likeness (QED) is 0.463. The Morgan fingerprint density at radius 1 is 1.43 bits per heavy atom. The molecule has 1 aromatic heterocycles. The van der Waals surface area contributed by atoms with Crippen molar-refractivity contribution in [2.45, 2.75) is 25.3 Å². The highest BCUT2D eigenvalue weighted by Crippen LogP contribution is 2.23. The summed E-state index contributed by atoms with van der Waals surface area (Å²) in [5, 5.41) is 17.4. The van der Waals surface area contributed by atoms with Crippen molar-refractivity contribution in [2.24, 2.45) is 0 Å². The van der Waals surface area contributed by atoms with Crippen LogP contribution in [-0.4, -0.2) is 77.9 Å². The normalized spacial score (nSPS) is 20.9. The molecule has 1 fully saturated rings. The number of hydrazine groups is 1. The molecule has 0 saturated carbocycles. The van der Waals surface area contributed by atoms with Crippen LogP contribution < -0.4 is 16.1 Å². The number of β-amino-alcohol motifs (C(OH)–C–C–N with tert-alkyl or cyclic N) is 1. The van der Waals surface area contributed by atoms with Crippen molar-refractivity contribution in [1.82, 2.24) is 24.7 Å². The first-order valence-corrected chi connectivity index (χ1v) is 11.4. The average Bonchev–Trinajstić information content (AvgIpc) is 3.09. The molecule has 0 spiro atoms. The number of rotatable bonds is 8. The molecule has 1 atom stereocenters. The smallest absolute Gasteiger partial charge is 0.229 e. The van der Waals surface area contributed by atoms with Crippen LogP contribution >= 0.6 is 11.6 Å². The first kappa shape index (κ1) is 21.1. The van der Waals surface area contributed by atoms with Gasteiger partial charge in [-0.25, -0.2) is 18.8 Å². The largest absolute Gasteiger partial charge is 0.394 e. The second kappa shape index (κ2) is 9.23. The summed E-state index contributed by atoms with van der Waals surface area (Å²) < 4.78 is 25.5. The van der Waals surface area contributed by atoms with Crippen molar-refractivity contribution in [3.05, 3.63) is 23.1 Å². The number of nitrogens with one attached hydrogen (secondary N) is 3. The van der Waals surface area contributed by atoms with Crippen LogP contribution in [0.4, 0.5) is 11.8 Å².